The van der Waals surface area contributed by atoms with Crippen LogP contribution in [0.15, 0.2) is 47.0 Å². The van der Waals surface area contributed by atoms with Crippen molar-refractivity contribution in [3.05, 3.63) is 69.3 Å². The van der Waals surface area contributed by atoms with Crippen molar-refractivity contribution in [2.75, 3.05) is 0 Å². The zero-order valence-corrected chi connectivity index (χ0v) is 14.8. The van der Waals surface area contributed by atoms with Gasteiger partial charge < -0.3 is 5.32 Å². The van der Waals surface area contributed by atoms with Crippen LogP contribution in [-0.2, 0) is 17.9 Å². The summed E-state index contributed by atoms with van der Waals surface area (Å²) >= 11 is 1.62. The largest absolute Gasteiger partial charge is 0.350 e. The van der Waals surface area contributed by atoms with Gasteiger partial charge in [-0.15, -0.1) is 11.3 Å². The quantitative estimate of drug-likeness (QED) is 0.763. The molecule has 0 aliphatic carbocycles. The first kappa shape index (κ1) is 17.0. The fourth-order valence-electron chi connectivity index (χ4n) is 2.34. The zero-order valence-electron chi connectivity index (χ0n) is 14.0. The van der Waals surface area contributed by atoms with Gasteiger partial charge in [0.15, 0.2) is 0 Å². The number of pyridine rings is 1. The molecule has 6 nitrogen and oxygen atoms in total. The molecule has 0 bridgehead atoms. The molecule has 3 rings (SSSR count). The summed E-state index contributed by atoms with van der Waals surface area (Å²) in [5.41, 5.74) is 2.89. The lowest BCUT2D eigenvalue weighted by Gasteiger charge is -2.09. The van der Waals surface area contributed by atoms with Crippen molar-refractivity contribution < 1.29 is 4.79 Å². The minimum atomic E-state index is -0.235. The molecule has 0 atom stereocenters. The average molecular weight is 354 g/mol. The van der Waals surface area contributed by atoms with Crippen molar-refractivity contribution in [2.45, 2.75) is 26.9 Å². The monoisotopic (exact) mass is 354 g/mol. The molecular formula is C18H18N4O2S. The van der Waals surface area contributed by atoms with Crippen molar-refractivity contribution in [2.24, 2.45) is 0 Å². The number of carbonyl (C=O) groups is 1. The van der Waals surface area contributed by atoms with Crippen LogP contribution in [0.5, 0.6) is 0 Å². The van der Waals surface area contributed by atoms with E-state index in [1.165, 1.54) is 10.9 Å². The minimum absolute atomic E-state index is 0.0458. The maximum Gasteiger partial charge on any atom is 0.256 e. The van der Waals surface area contributed by atoms with Gasteiger partial charge in [0.2, 0.25) is 5.91 Å². The van der Waals surface area contributed by atoms with Crippen LogP contribution in [0.25, 0.3) is 10.6 Å². The number of nitrogens with zero attached hydrogens (tertiary/aromatic N) is 3. The second-order valence-electron chi connectivity index (χ2n) is 5.69. The molecular weight excluding hydrogens is 336 g/mol. The van der Waals surface area contributed by atoms with E-state index in [1.807, 2.05) is 29.6 Å². The van der Waals surface area contributed by atoms with Crippen LogP contribution in [0.2, 0.25) is 0 Å². The standard InChI is InChI=1S/C18H18N4O2S/c1-12-13(2)21-11-22(18(12)24)10-17(23)20-9-14-5-6-19-15(8-14)16-4-3-7-25-16/h3-8,11H,9-10H2,1-2H3,(H,20,23). The Hall–Kier alpha value is -2.80. The molecule has 1 amide bonds. The minimum Gasteiger partial charge on any atom is -0.350 e. The highest BCUT2D eigenvalue weighted by Gasteiger charge is 2.09. The van der Waals surface area contributed by atoms with Gasteiger partial charge >= 0.3 is 0 Å². The Kier molecular flexibility index (Phi) is 5.04. The van der Waals surface area contributed by atoms with Crippen LogP contribution in [0, 0.1) is 13.8 Å². The summed E-state index contributed by atoms with van der Waals surface area (Å²) in [6, 6.07) is 7.80. The fraction of sp³-hybridized carbons (Fsp3) is 0.222. The lowest BCUT2D eigenvalue weighted by Crippen LogP contribution is -2.33. The molecule has 0 fully saturated rings. The number of rotatable bonds is 5. The van der Waals surface area contributed by atoms with Crippen LogP contribution < -0.4 is 10.9 Å². The van der Waals surface area contributed by atoms with Crippen molar-refractivity contribution in [1.29, 1.82) is 0 Å². The molecule has 0 saturated heterocycles. The molecule has 3 aromatic rings. The Morgan fingerprint density at radius 3 is 2.88 bits per heavy atom. The molecule has 0 aliphatic rings. The predicted molar refractivity (Wildman–Crippen MR) is 97.4 cm³/mol. The SMILES string of the molecule is Cc1ncn(CC(=O)NCc2ccnc(-c3cccs3)c2)c(=O)c1C. The van der Waals surface area contributed by atoms with Crippen molar-refractivity contribution in [3.63, 3.8) is 0 Å². The topological polar surface area (TPSA) is 76.9 Å². The van der Waals surface area contributed by atoms with Gasteiger partial charge in [0.05, 0.1) is 16.9 Å². The first-order valence-corrected chi connectivity index (χ1v) is 8.70. The fourth-order valence-corrected chi connectivity index (χ4v) is 3.04. The van der Waals surface area contributed by atoms with Crippen molar-refractivity contribution >= 4 is 17.2 Å². The van der Waals surface area contributed by atoms with E-state index in [1.54, 1.807) is 31.4 Å². The number of nitrogens with one attached hydrogen (secondary N) is 1. The average Bonchev–Trinajstić information content (AvgIpc) is 3.15. The molecule has 0 spiro atoms. The van der Waals surface area contributed by atoms with Gasteiger partial charge in [-0.1, -0.05) is 6.07 Å². The summed E-state index contributed by atoms with van der Waals surface area (Å²) in [5, 5.41) is 4.83. The Morgan fingerprint density at radius 2 is 2.12 bits per heavy atom. The molecule has 0 radical (unpaired) electrons. The maximum absolute atomic E-state index is 12.1. The molecule has 25 heavy (non-hydrogen) atoms. The zero-order chi connectivity index (χ0) is 17.8. The lowest BCUT2D eigenvalue weighted by atomic mass is 10.2. The van der Waals surface area contributed by atoms with Gasteiger partial charge in [0, 0.05) is 24.0 Å². The van der Waals surface area contributed by atoms with Gasteiger partial charge in [-0.05, 0) is 43.0 Å². The van der Waals surface area contributed by atoms with Crippen molar-refractivity contribution in [1.82, 2.24) is 19.9 Å². The number of aromatic nitrogens is 3. The number of amides is 1. The third-order valence-electron chi connectivity index (χ3n) is 3.92. The Morgan fingerprint density at radius 1 is 1.28 bits per heavy atom. The van der Waals surface area contributed by atoms with E-state index < -0.39 is 0 Å². The van der Waals surface area contributed by atoms with E-state index in [0.29, 0.717) is 17.8 Å². The molecule has 0 aromatic carbocycles. The second kappa shape index (κ2) is 7.40. The molecule has 3 aromatic heterocycles. The summed E-state index contributed by atoms with van der Waals surface area (Å²) in [6.07, 6.45) is 3.14. The van der Waals surface area contributed by atoms with Crippen LogP contribution in [0.4, 0.5) is 0 Å². The smallest absolute Gasteiger partial charge is 0.256 e. The number of hydrogen-bond acceptors (Lipinski definition) is 5. The third-order valence-corrected chi connectivity index (χ3v) is 4.81. The van der Waals surface area contributed by atoms with Crippen LogP contribution in [-0.4, -0.2) is 20.4 Å². The molecule has 128 valence electrons. The van der Waals surface area contributed by atoms with Crippen LogP contribution in [0.1, 0.15) is 16.8 Å². The van der Waals surface area contributed by atoms with Gasteiger partial charge in [-0.2, -0.15) is 0 Å². The number of hydrogen-bond donors (Lipinski definition) is 1. The third kappa shape index (κ3) is 4.00. The molecule has 0 saturated carbocycles. The highest BCUT2D eigenvalue weighted by Crippen LogP contribution is 2.22. The molecule has 1 N–H and O–H groups in total. The van der Waals surface area contributed by atoms with Crippen LogP contribution >= 0.6 is 11.3 Å². The first-order valence-electron chi connectivity index (χ1n) is 7.83. The highest BCUT2D eigenvalue weighted by atomic mass is 32.1. The van der Waals surface area contributed by atoms with E-state index in [4.69, 9.17) is 0 Å². The number of aryl methyl sites for hydroxylation is 1. The Labute approximate surface area is 149 Å². The summed E-state index contributed by atoms with van der Waals surface area (Å²) in [5.74, 6) is -0.235. The van der Waals surface area contributed by atoms with Gasteiger partial charge in [-0.3, -0.25) is 19.1 Å². The summed E-state index contributed by atoms with van der Waals surface area (Å²) in [4.78, 5) is 33.8. The lowest BCUT2D eigenvalue weighted by molar-refractivity contribution is -0.121. The predicted octanol–water partition coefficient (Wildman–Crippen LogP) is 2.30. The highest BCUT2D eigenvalue weighted by molar-refractivity contribution is 7.13. The normalized spacial score (nSPS) is 10.6. The summed E-state index contributed by atoms with van der Waals surface area (Å²) in [7, 11) is 0. The number of thiophene rings is 1. The van der Waals surface area contributed by atoms with E-state index in [-0.39, 0.29) is 18.0 Å². The van der Waals surface area contributed by atoms with Crippen LogP contribution in [0.3, 0.4) is 0 Å². The van der Waals surface area contributed by atoms with E-state index in [0.717, 1.165) is 16.1 Å². The Balaban J connectivity index is 1.64. The van der Waals surface area contributed by atoms with E-state index in [9.17, 15) is 9.59 Å². The van der Waals surface area contributed by atoms with Gasteiger partial charge in [0.25, 0.3) is 5.56 Å². The summed E-state index contributed by atoms with van der Waals surface area (Å²) < 4.78 is 1.32. The molecule has 7 heteroatoms. The molecule has 0 unspecified atom stereocenters. The second-order valence-corrected chi connectivity index (χ2v) is 6.64. The van der Waals surface area contributed by atoms with E-state index in [2.05, 4.69) is 15.3 Å². The maximum atomic E-state index is 12.1. The molecule has 3 heterocycles. The molecule has 0 aliphatic heterocycles. The number of carbonyl (C=O) groups excluding carboxylic acids is 1. The van der Waals surface area contributed by atoms with Gasteiger partial charge in [-0.25, -0.2) is 4.98 Å². The van der Waals surface area contributed by atoms with Gasteiger partial charge in [0.1, 0.15) is 6.54 Å². The van der Waals surface area contributed by atoms with E-state index >= 15 is 0 Å². The first-order chi connectivity index (χ1) is 12.0. The van der Waals surface area contributed by atoms with Crippen molar-refractivity contribution in [3.8, 4) is 10.6 Å². The summed E-state index contributed by atoms with van der Waals surface area (Å²) in [6.45, 7) is 3.82. The Bertz CT molecular complexity index is 948.